The number of carbonyl (C=O) groups excluding carboxylic acids is 1. The van der Waals surface area contributed by atoms with Gasteiger partial charge in [0.05, 0.1) is 0 Å². The van der Waals surface area contributed by atoms with Crippen LogP contribution in [0, 0.1) is 0 Å². The number of pyridine rings is 1. The lowest BCUT2D eigenvalue weighted by Gasteiger charge is -2.21. The van der Waals surface area contributed by atoms with Crippen molar-refractivity contribution in [1.29, 1.82) is 0 Å². The molecule has 1 aromatic heterocycles. The summed E-state index contributed by atoms with van der Waals surface area (Å²) in [5.41, 5.74) is 6.41. The molecule has 1 aromatic rings. The lowest BCUT2D eigenvalue weighted by Crippen LogP contribution is -2.41. The highest BCUT2D eigenvalue weighted by atomic mass is 16.5. The van der Waals surface area contributed by atoms with Crippen molar-refractivity contribution in [2.45, 2.75) is 12.6 Å². The van der Waals surface area contributed by atoms with Gasteiger partial charge in [0.2, 0.25) is 0 Å². The van der Waals surface area contributed by atoms with Crippen LogP contribution in [0.3, 0.4) is 0 Å². The zero-order chi connectivity index (χ0) is 12.0. The summed E-state index contributed by atoms with van der Waals surface area (Å²) < 4.78 is 4.99. The molecular formula is C11H17N3O2. The van der Waals surface area contributed by atoms with Gasteiger partial charge >= 0.3 is 0 Å². The Kier molecular flexibility index (Phi) is 4.88. The second kappa shape index (κ2) is 6.19. The standard InChI is InChI=1S/C11H17N3O2/c1-14(11(15)10(6-12)16-2)8-9-4-3-5-13-7-9/h3-5,7,10H,6,8,12H2,1-2H3. The van der Waals surface area contributed by atoms with Crippen LogP contribution < -0.4 is 5.73 Å². The van der Waals surface area contributed by atoms with E-state index in [1.807, 2.05) is 12.1 Å². The number of methoxy groups -OCH3 is 1. The zero-order valence-corrected chi connectivity index (χ0v) is 9.59. The highest BCUT2D eigenvalue weighted by molar-refractivity contribution is 5.80. The summed E-state index contributed by atoms with van der Waals surface area (Å²) in [6.07, 6.45) is 2.86. The van der Waals surface area contributed by atoms with Crippen molar-refractivity contribution in [3.8, 4) is 0 Å². The molecule has 5 heteroatoms. The molecule has 0 saturated heterocycles. The second-order valence-electron chi connectivity index (χ2n) is 3.52. The molecular weight excluding hydrogens is 206 g/mol. The molecule has 0 aliphatic carbocycles. The summed E-state index contributed by atoms with van der Waals surface area (Å²) >= 11 is 0. The van der Waals surface area contributed by atoms with Crippen LogP contribution in [0.25, 0.3) is 0 Å². The number of ether oxygens (including phenoxy) is 1. The van der Waals surface area contributed by atoms with E-state index >= 15 is 0 Å². The molecule has 5 nitrogen and oxygen atoms in total. The van der Waals surface area contributed by atoms with Crippen LogP contribution in [0.4, 0.5) is 0 Å². The van der Waals surface area contributed by atoms with Crippen molar-refractivity contribution >= 4 is 5.91 Å². The third-order valence-electron chi connectivity index (χ3n) is 2.29. The largest absolute Gasteiger partial charge is 0.370 e. The van der Waals surface area contributed by atoms with Crippen LogP contribution in [0.1, 0.15) is 5.56 Å². The van der Waals surface area contributed by atoms with Gasteiger partial charge in [-0.05, 0) is 11.6 Å². The summed E-state index contributed by atoms with van der Waals surface area (Å²) in [4.78, 5) is 17.4. The maximum atomic E-state index is 11.8. The minimum atomic E-state index is -0.568. The van der Waals surface area contributed by atoms with Crippen LogP contribution >= 0.6 is 0 Å². The zero-order valence-electron chi connectivity index (χ0n) is 9.59. The predicted octanol–water partition coefficient (Wildman–Crippen LogP) is 0.0137. The first-order valence-corrected chi connectivity index (χ1v) is 5.05. The van der Waals surface area contributed by atoms with Crippen molar-refractivity contribution in [1.82, 2.24) is 9.88 Å². The second-order valence-corrected chi connectivity index (χ2v) is 3.52. The highest BCUT2D eigenvalue weighted by Crippen LogP contribution is 2.03. The quantitative estimate of drug-likeness (QED) is 0.763. The first kappa shape index (κ1) is 12.6. The van der Waals surface area contributed by atoms with E-state index in [2.05, 4.69) is 4.98 Å². The van der Waals surface area contributed by atoms with E-state index in [9.17, 15) is 4.79 Å². The lowest BCUT2D eigenvalue weighted by atomic mass is 10.2. The van der Waals surface area contributed by atoms with Gasteiger partial charge in [-0.3, -0.25) is 9.78 Å². The number of amides is 1. The molecule has 88 valence electrons. The Morgan fingerprint density at radius 2 is 2.44 bits per heavy atom. The number of rotatable bonds is 5. The SMILES string of the molecule is COC(CN)C(=O)N(C)Cc1cccnc1. The number of carbonyl (C=O) groups is 1. The molecule has 1 heterocycles. The van der Waals surface area contributed by atoms with Gasteiger partial charge < -0.3 is 15.4 Å². The molecule has 1 atom stereocenters. The van der Waals surface area contributed by atoms with Crippen LogP contribution in [0.5, 0.6) is 0 Å². The average molecular weight is 223 g/mol. The Bertz CT molecular complexity index is 325. The lowest BCUT2D eigenvalue weighted by molar-refractivity contribution is -0.140. The molecule has 0 bridgehead atoms. The molecule has 0 radical (unpaired) electrons. The van der Waals surface area contributed by atoms with Crippen molar-refractivity contribution in [2.24, 2.45) is 5.73 Å². The number of aromatic nitrogens is 1. The number of nitrogens with zero attached hydrogens (tertiary/aromatic N) is 2. The Morgan fingerprint density at radius 1 is 1.69 bits per heavy atom. The van der Waals surface area contributed by atoms with E-state index in [-0.39, 0.29) is 12.5 Å². The molecule has 0 saturated carbocycles. The minimum Gasteiger partial charge on any atom is -0.370 e. The number of hydrogen-bond donors (Lipinski definition) is 1. The van der Waals surface area contributed by atoms with E-state index < -0.39 is 6.10 Å². The maximum absolute atomic E-state index is 11.8. The molecule has 1 rings (SSSR count). The van der Waals surface area contributed by atoms with Crippen LogP contribution in [0.2, 0.25) is 0 Å². The fraction of sp³-hybridized carbons (Fsp3) is 0.455. The molecule has 2 N–H and O–H groups in total. The van der Waals surface area contributed by atoms with Crippen molar-refractivity contribution in [3.63, 3.8) is 0 Å². The average Bonchev–Trinajstić information content (AvgIpc) is 2.31. The molecule has 0 aromatic carbocycles. The molecule has 1 unspecified atom stereocenters. The Morgan fingerprint density at radius 3 is 2.94 bits per heavy atom. The smallest absolute Gasteiger partial charge is 0.253 e. The normalized spacial score (nSPS) is 12.2. The van der Waals surface area contributed by atoms with Gasteiger partial charge in [-0.1, -0.05) is 6.07 Å². The number of likely N-dealkylation sites (N-methyl/N-ethyl adjacent to an activating group) is 1. The summed E-state index contributed by atoms with van der Waals surface area (Å²) in [5, 5.41) is 0. The van der Waals surface area contributed by atoms with Crippen molar-refractivity contribution in [2.75, 3.05) is 20.7 Å². The summed E-state index contributed by atoms with van der Waals surface area (Å²) in [6.45, 7) is 0.694. The van der Waals surface area contributed by atoms with Gasteiger partial charge in [0.25, 0.3) is 5.91 Å². The first-order chi connectivity index (χ1) is 7.69. The van der Waals surface area contributed by atoms with E-state index in [0.29, 0.717) is 6.54 Å². The summed E-state index contributed by atoms with van der Waals surface area (Å²) in [7, 11) is 3.20. The summed E-state index contributed by atoms with van der Waals surface area (Å²) in [5.74, 6) is -0.117. The third-order valence-corrected chi connectivity index (χ3v) is 2.29. The van der Waals surface area contributed by atoms with Gasteiger partial charge in [0.1, 0.15) is 6.10 Å². The number of nitrogens with two attached hydrogens (primary N) is 1. The fourth-order valence-corrected chi connectivity index (χ4v) is 1.39. The van der Waals surface area contributed by atoms with Gasteiger partial charge in [-0.2, -0.15) is 0 Å². The molecule has 0 spiro atoms. The molecule has 1 amide bonds. The van der Waals surface area contributed by atoms with E-state index in [1.165, 1.54) is 7.11 Å². The fourth-order valence-electron chi connectivity index (χ4n) is 1.39. The number of hydrogen-bond acceptors (Lipinski definition) is 4. The predicted molar refractivity (Wildman–Crippen MR) is 60.6 cm³/mol. The van der Waals surface area contributed by atoms with Crippen molar-refractivity contribution in [3.05, 3.63) is 30.1 Å². The Hall–Kier alpha value is -1.46. The minimum absolute atomic E-state index is 0.117. The monoisotopic (exact) mass is 223 g/mol. The van der Waals surface area contributed by atoms with Crippen LogP contribution in [-0.2, 0) is 16.1 Å². The molecule has 16 heavy (non-hydrogen) atoms. The first-order valence-electron chi connectivity index (χ1n) is 5.05. The molecule has 0 aliphatic rings. The van der Waals surface area contributed by atoms with Crippen LogP contribution in [-0.4, -0.2) is 42.6 Å². The highest BCUT2D eigenvalue weighted by Gasteiger charge is 2.19. The van der Waals surface area contributed by atoms with Gasteiger partial charge in [-0.15, -0.1) is 0 Å². The molecule has 0 aliphatic heterocycles. The van der Waals surface area contributed by atoms with Gasteiger partial charge in [0, 0.05) is 39.6 Å². The topological polar surface area (TPSA) is 68.5 Å². The Labute approximate surface area is 95.2 Å². The Balaban J connectivity index is 2.58. The maximum Gasteiger partial charge on any atom is 0.253 e. The van der Waals surface area contributed by atoms with E-state index in [4.69, 9.17) is 10.5 Å². The third kappa shape index (κ3) is 3.29. The van der Waals surface area contributed by atoms with E-state index in [1.54, 1.807) is 24.3 Å². The van der Waals surface area contributed by atoms with Gasteiger partial charge in [0.15, 0.2) is 0 Å². The van der Waals surface area contributed by atoms with Crippen molar-refractivity contribution < 1.29 is 9.53 Å². The summed E-state index contributed by atoms with van der Waals surface area (Å²) in [6, 6.07) is 3.76. The van der Waals surface area contributed by atoms with Crippen LogP contribution in [0.15, 0.2) is 24.5 Å². The molecule has 0 fully saturated rings. The van der Waals surface area contributed by atoms with E-state index in [0.717, 1.165) is 5.56 Å². The van der Waals surface area contributed by atoms with Gasteiger partial charge in [-0.25, -0.2) is 0 Å².